The fraction of sp³-hybridized carbons (Fsp3) is 0.0870. The molecule has 0 saturated carbocycles. The second-order valence-corrected chi connectivity index (χ2v) is 7.97. The van der Waals surface area contributed by atoms with Crippen LogP contribution in [-0.2, 0) is 5.75 Å². The lowest BCUT2D eigenvalue weighted by molar-refractivity contribution is 0.560. The van der Waals surface area contributed by atoms with Crippen molar-refractivity contribution in [1.82, 2.24) is 14.9 Å². The topological polar surface area (TPSA) is 86.9 Å². The summed E-state index contributed by atoms with van der Waals surface area (Å²) < 4.78 is 6.94. The summed E-state index contributed by atoms with van der Waals surface area (Å²) in [6, 6.07) is 21.3. The molecule has 5 aromatic rings. The van der Waals surface area contributed by atoms with E-state index in [9.17, 15) is 4.79 Å². The molecule has 0 saturated heterocycles. The van der Waals surface area contributed by atoms with Gasteiger partial charge in [0.05, 0.1) is 0 Å². The second-order valence-electron chi connectivity index (χ2n) is 7.03. The molecule has 0 amide bonds. The number of hydrogen-bond donors (Lipinski definition) is 1. The SMILES string of the molecule is Cc1ccccc1-c1nnc(SCc2cc(=O)oc3ccc4ccccc4c23)n1N. The average molecular weight is 414 g/mol. The summed E-state index contributed by atoms with van der Waals surface area (Å²) in [6.45, 7) is 2.01. The molecular weight excluding hydrogens is 396 g/mol. The zero-order chi connectivity index (χ0) is 20.7. The van der Waals surface area contributed by atoms with E-state index in [1.54, 1.807) is 6.07 Å². The van der Waals surface area contributed by atoms with E-state index in [4.69, 9.17) is 10.3 Å². The number of rotatable bonds is 4. The number of hydrogen-bond acceptors (Lipinski definition) is 6. The molecule has 0 spiro atoms. The Bertz CT molecular complexity index is 1460. The lowest BCUT2D eigenvalue weighted by atomic mass is 10.0. The molecule has 7 heteroatoms. The number of aromatic nitrogens is 3. The Labute approximate surface area is 176 Å². The van der Waals surface area contributed by atoms with Crippen LogP contribution in [0.15, 0.2) is 81.1 Å². The molecule has 0 unspecified atom stereocenters. The van der Waals surface area contributed by atoms with Crippen LogP contribution in [0.2, 0.25) is 0 Å². The first-order valence-electron chi connectivity index (χ1n) is 9.45. The Hall–Kier alpha value is -3.58. The van der Waals surface area contributed by atoms with Crippen molar-refractivity contribution in [2.24, 2.45) is 0 Å². The van der Waals surface area contributed by atoms with Crippen LogP contribution in [0.25, 0.3) is 33.1 Å². The van der Waals surface area contributed by atoms with Gasteiger partial charge in [0, 0.05) is 22.8 Å². The smallest absolute Gasteiger partial charge is 0.336 e. The third-order valence-corrected chi connectivity index (χ3v) is 6.11. The predicted molar refractivity (Wildman–Crippen MR) is 120 cm³/mol. The number of nitrogen functional groups attached to an aromatic ring is 1. The van der Waals surface area contributed by atoms with Crippen LogP contribution in [0.1, 0.15) is 11.1 Å². The van der Waals surface area contributed by atoms with Gasteiger partial charge >= 0.3 is 5.63 Å². The summed E-state index contributed by atoms with van der Waals surface area (Å²) in [7, 11) is 0. The molecule has 2 aromatic heterocycles. The van der Waals surface area contributed by atoms with E-state index in [1.165, 1.54) is 16.4 Å². The minimum Gasteiger partial charge on any atom is -0.423 e. The molecule has 0 atom stereocenters. The summed E-state index contributed by atoms with van der Waals surface area (Å²) >= 11 is 1.44. The van der Waals surface area contributed by atoms with E-state index < -0.39 is 0 Å². The predicted octanol–water partition coefficient (Wildman–Crippen LogP) is 4.52. The Kier molecular flexibility index (Phi) is 4.52. The fourth-order valence-electron chi connectivity index (χ4n) is 3.66. The number of fused-ring (bicyclic) bond motifs is 3. The number of aryl methyl sites for hydroxylation is 1. The zero-order valence-electron chi connectivity index (χ0n) is 16.2. The monoisotopic (exact) mass is 414 g/mol. The highest BCUT2D eigenvalue weighted by atomic mass is 32.2. The van der Waals surface area contributed by atoms with Gasteiger partial charge in [0.15, 0.2) is 5.82 Å². The van der Waals surface area contributed by atoms with Gasteiger partial charge in [-0.05, 0) is 34.9 Å². The molecule has 5 rings (SSSR count). The highest BCUT2D eigenvalue weighted by Gasteiger charge is 2.16. The van der Waals surface area contributed by atoms with E-state index in [0.29, 0.717) is 22.3 Å². The summed E-state index contributed by atoms with van der Waals surface area (Å²) in [4.78, 5) is 12.1. The lowest BCUT2D eigenvalue weighted by Crippen LogP contribution is -2.12. The van der Waals surface area contributed by atoms with Crippen molar-refractivity contribution >= 4 is 33.5 Å². The van der Waals surface area contributed by atoms with Crippen LogP contribution < -0.4 is 11.5 Å². The number of benzene rings is 3. The molecule has 6 nitrogen and oxygen atoms in total. The van der Waals surface area contributed by atoms with Crippen LogP contribution in [-0.4, -0.2) is 14.9 Å². The third-order valence-electron chi connectivity index (χ3n) is 5.12. The first-order valence-corrected chi connectivity index (χ1v) is 10.4. The summed E-state index contributed by atoms with van der Waals surface area (Å²) in [5, 5.41) is 12.2. The van der Waals surface area contributed by atoms with E-state index in [2.05, 4.69) is 10.2 Å². The van der Waals surface area contributed by atoms with Gasteiger partial charge in [0.2, 0.25) is 5.16 Å². The van der Waals surface area contributed by atoms with Crippen LogP contribution >= 0.6 is 11.8 Å². The highest BCUT2D eigenvalue weighted by molar-refractivity contribution is 7.98. The molecule has 148 valence electrons. The van der Waals surface area contributed by atoms with Crippen LogP contribution in [0.3, 0.4) is 0 Å². The Balaban J connectivity index is 1.54. The molecule has 0 aliphatic carbocycles. The number of nitrogens with zero attached hydrogens (tertiary/aromatic N) is 3. The lowest BCUT2D eigenvalue weighted by Gasteiger charge is -2.09. The maximum Gasteiger partial charge on any atom is 0.336 e. The molecular formula is C23H18N4O2S. The second kappa shape index (κ2) is 7.35. The van der Waals surface area contributed by atoms with E-state index in [0.717, 1.165) is 32.8 Å². The molecule has 2 heterocycles. The van der Waals surface area contributed by atoms with Gasteiger partial charge in [-0.3, -0.25) is 0 Å². The Morgan fingerprint density at radius 2 is 1.83 bits per heavy atom. The standard InChI is InChI=1S/C23H18N4O2S/c1-14-6-2-4-8-17(14)22-25-26-23(27(22)24)30-13-16-12-20(28)29-19-11-10-15-7-3-5-9-18(15)21(16)19/h2-12H,13,24H2,1H3. The third kappa shape index (κ3) is 3.13. The van der Waals surface area contributed by atoms with Gasteiger partial charge in [0.25, 0.3) is 0 Å². The van der Waals surface area contributed by atoms with Gasteiger partial charge in [-0.15, -0.1) is 10.2 Å². The van der Waals surface area contributed by atoms with Crippen molar-refractivity contribution in [2.45, 2.75) is 17.8 Å². The maximum absolute atomic E-state index is 12.1. The molecule has 3 aromatic carbocycles. The summed E-state index contributed by atoms with van der Waals surface area (Å²) in [6.07, 6.45) is 0. The minimum atomic E-state index is -0.372. The van der Waals surface area contributed by atoms with Crippen molar-refractivity contribution in [3.05, 3.63) is 88.3 Å². The van der Waals surface area contributed by atoms with E-state index >= 15 is 0 Å². The highest BCUT2D eigenvalue weighted by Crippen LogP contribution is 2.31. The number of thioether (sulfide) groups is 1. The average Bonchev–Trinajstić information content (AvgIpc) is 3.12. The quantitative estimate of drug-likeness (QED) is 0.201. The van der Waals surface area contributed by atoms with Crippen molar-refractivity contribution in [3.8, 4) is 11.4 Å². The van der Waals surface area contributed by atoms with Crippen LogP contribution in [0.5, 0.6) is 0 Å². The number of nitrogens with two attached hydrogens (primary N) is 1. The van der Waals surface area contributed by atoms with Gasteiger partial charge in [-0.25, -0.2) is 9.47 Å². The zero-order valence-corrected chi connectivity index (χ0v) is 17.0. The van der Waals surface area contributed by atoms with E-state index in [-0.39, 0.29) is 5.63 Å². The van der Waals surface area contributed by atoms with E-state index in [1.807, 2.05) is 67.6 Å². The molecule has 30 heavy (non-hydrogen) atoms. The Morgan fingerprint density at radius 3 is 2.70 bits per heavy atom. The van der Waals surface area contributed by atoms with Crippen molar-refractivity contribution in [3.63, 3.8) is 0 Å². The molecule has 0 fully saturated rings. The maximum atomic E-state index is 12.1. The van der Waals surface area contributed by atoms with Gasteiger partial charge in [0.1, 0.15) is 5.58 Å². The van der Waals surface area contributed by atoms with Gasteiger partial charge in [-0.1, -0.05) is 66.4 Å². The summed E-state index contributed by atoms with van der Waals surface area (Å²) in [5.74, 6) is 7.41. The van der Waals surface area contributed by atoms with Crippen molar-refractivity contribution < 1.29 is 4.42 Å². The largest absolute Gasteiger partial charge is 0.423 e. The van der Waals surface area contributed by atoms with Crippen molar-refractivity contribution in [1.29, 1.82) is 0 Å². The molecule has 0 aliphatic rings. The molecule has 0 bridgehead atoms. The Morgan fingerprint density at radius 1 is 1.03 bits per heavy atom. The summed E-state index contributed by atoms with van der Waals surface area (Å²) in [5.41, 5.74) is 3.10. The van der Waals surface area contributed by atoms with Crippen LogP contribution in [0.4, 0.5) is 0 Å². The first kappa shape index (κ1) is 18.4. The van der Waals surface area contributed by atoms with Crippen LogP contribution in [0, 0.1) is 6.92 Å². The minimum absolute atomic E-state index is 0.372. The molecule has 2 N–H and O–H groups in total. The van der Waals surface area contributed by atoms with Crippen molar-refractivity contribution in [2.75, 3.05) is 5.84 Å². The first-order chi connectivity index (χ1) is 14.6. The normalized spacial score (nSPS) is 11.4. The van der Waals surface area contributed by atoms with Gasteiger partial charge < -0.3 is 10.3 Å². The molecule has 0 aliphatic heterocycles. The molecule has 0 radical (unpaired) electrons. The fourth-order valence-corrected chi connectivity index (χ4v) is 4.50. The van der Waals surface area contributed by atoms with Gasteiger partial charge in [-0.2, -0.15) is 0 Å².